The van der Waals surface area contributed by atoms with E-state index in [4.69, 9.17) is 9.47 Å². The van der Waals surface area contributed by atoms with Crippen molar-refractivity contribution >= 4 is 21.5 Å². The average molecular weight is 519 g/mol. The van der Waals surface area contributed by atoms with Gasteiger partial charge in [-0.2, -0.15) is 0 Å². The van der Waals surface area contributed by atoms with Crippen molar-refractivity contribution in [2.45, 2.75) is 107 Å². The summed E-state index contributed by atoms with van der Waals surface area (Å²) in [6.07, 6.45) is 9.78. The summed E-state index contributed by atoms with van der Waals surface area (Å²) in [6, 6.07) is 13.4. The van der Waals surface area contributed by atoms with Gasteiger partial charge in [0.15, 0.2) is 0 Å². The molecule has 0 N–H and O–H groups in total. The van der Waals surface area contributed by atoms with Crippen LogP contribution in [0.2, 0.25) is 0 Å². The van der Waals surface area contributed by atoms with Crippen molar-refractivity contribution in [3.8, 4) is 11.5 Å². The van der Waals surface area contributed by atoms with Gasteiger partial charge in [-0.3, -0.25) is 0 Å². The molecule has 0 saturated carbocycles. The lowest BCUT2D eigenvalue weighted by Crippen LogP contribution is -2.21. The number of hydrogen-bond donors (Lipinski definition) is 0. The Labute approximate surface area is 233 Å². The van der Waals surface area contributed by atoms with Crippen LogP contribution in [0.25, 0.3) is 21.5 Å². The molecule has 210 valence electrons. The first-order valence-corrected chi connectivity index (χ1v) is 15.6. The van der Waals surface area contributed by atoms with Gasteiger partial charge in [-0.05, 0) is 73.6 Å². The van der Waals surface area contributed by atoms with E-state index in [1.165, 1.54) is 71.2 Å². The smallest absolute Gasteiger partial charge is 0.135 e. The van der Waals surface area contributed by atoms with Gasteiger partial charge in [0, 0.05) is 21.5 Å². The normalized spacial score (nSPS) is 14.9. The molecule has 3 aromatic carbocycles. The monoisotopic (exact) mass is 518 g/mol. The molecule has 0 bridgehead atoms. The van der Waals surface area contributed by atoms with E-state index in [0.29, 0.717) is 11.8 Å². The zero-order valence-electron chi connectivity index (χ0n) is 25.7. The Hall–Kier alpha value is -2.22. The van der Waals surface area contributed by atoms with E-state index < -0.39 is 0 Å². The van der Waals surface area contributed by atoms with Crippen LogP contribution in [0.4, 0.5) is 0 Å². The molecule has 0 radical (unpaired) electrons. The van der Waals surface area contributed by atoms with Gasteiger partial charge < -0.3 is 9.47 Å². The second kappa shape index (κ2) is 14.8. The highest BCUT2D eigenvalue weighted by atomic mass is 16.5. The average Bonchev–Trinajstić information content (AvgIpc) is 2.93. The summed E-state index contributed by atoms with van der Waals surface area (Å²) < 4.78 is 13.7. The first kappa shape index (κ1) is 30.3. The molecule has 0 spiro atoms. The number of rotatable bonds is 16. The van der Waals surface area contributed by atoms with Crippen LogP contribution in [0.1, 0.15) is 104 Å². The molecule has 0 aliphatic rings. The van der Waals surface area contributed by atoms with E-state index in [9.17, 15) is 0 Å². The number of fused-ring (bicyclic) bond motifs is 2. The van der Waals surface area contributed by atoms with Crippen LogP contribution in [0, 0.1) is 37.5 Å². The lowest BCUT2D eigenvalue weighted by atomic mass is 9.85. The molecule has 0 heterocycles. The molecule has 4 unspecified atom stereocenters. The van der Waals surface area contributed by atoms with E-state index in [0.717, 1.165) is 49.4 Å². The maximum atomic E-state index is 6.84. The van der Waals surface area contributed by atoms with Crippen LogP contribution in [0.5, 0.6) is 11.5 Å². The third-order valence-corrected chi connectivity index (χ3v) is 9.17. The van der Waals surface area contributed by atoms with Crippen LogP contribution >= 0.6 is 0 Å². The second-order valence-corrected chi connectivity index (χ2v) is 11.6. The molecule has 3 aromatic rings. The molecule has 38 heavy (non-hydrogen) atoms. The minimum atomic E-state index is 0.575. The molecule has 0 fully saturated rings. The van der Waals surface area contributed by atoms with Gasteiger partial charge in [0.1, 0.15) is 11.5 Å². The summed E-state index contributed by atoms with van der Waals surface area (Å²) in [5, 5.41) is 4.72. The fraction of sp³-hybridized carbons (Fsp3) is 0.611. The molecule has 0 aliphatic carbocycles. The predicted octanol–water partition coefficient (Wildman–Crippen LogP) is 11.1. The Morgan fingerprint density at radius 2 is 0.895 bits per heavy atom. The van der Waals surface area contributed by atoms with Crippen LogP contribution < -0.4 is 9.47 Å². The van der Waals surface area contributed by atoms with Gasteiger partial charge in [0.2, 0.25) is 0 Å². The number of aryl methyl sites for hydroxylation is 2. The second-order valence-electron chi connectivity index (χ2n) is 11.6. The molecule has 0 aromatic heterocycles. The number of hydrogen-bond acceptors (Lipinski definition) is 2. The van der Waals surface area contributed by atoms with Crippen molar-refractivity contribution in [3.63, 3.8) is 0 Å². The predicted molar refractivity (Wildman–Crippen MR) is 167 cm³/mol. The summed E-state index contributed by atoms with van der Waals surface area (Å²) in [5.74, 6) is 4.64. The highest BCUT2D eigenvalue weighted by Crippen LogP contribution is 2.44. The van der Waals surface area contributed by atoms with Gasteiger partial charge >= 0.3 is 0 Å². The highest BCUT2D eigenvalue weighted by Gasteiger charge is 2.23. The quantitative estimate of drug-likeness (QED) is 0.176. The lowest BCUT2D eigenvalue weighted by molar-refractivity contribution is 0.178. The third-order valence-electron chi connectivity index (χ3n) is 9.17. The lowest BCUT2D eigenvalue weighted by Gasteiger charge is -2.27. The zero-order chi connectivity index (χ0) is 27.7. The largest absolute Gasteiger partial charge is 0.492 e. The Bertz CT molecular complexity index is 1060. The fourth-order valence-electron chi connectivity index (χ4n) is 6.52. The molecular weight excluding hydrogens is 464 g/mol. The van der Waals surface area contributed by atoms with Crippen molar-refractivity contribution < 1.29 is 9.47 Å². The van der Waals surface area contributed by atoms with Gasteiger partial charge in [0.25, 0.3) is 0 Å². The Morgan fingerprint density at radius 3 is 1.21 bits per heavy atom. The fourth-order valence-corrected chi connectivity index (χ4v) is 6.52. The van der Waals surface area contributed by atoms with Gasteiger partial charge in [-0.1, -0.05) is 104 Å². The van der Waals surface area contributed by atoms with E-state index in [-0.39, 0.29) is 0 Å². The van der Waals surface area contributed by atoms with Crippen LogP contribution in [0.15, 0.2) is 36.4 Å². The van der Waals surface area contributed by atoms with Crippen molar-refractivity contribution in [1.29, 1.82) is 0 Å². The maximum Gasteiger partial charge on any atom is 0.135 e. The first-order chi connectivity index (χ1) is 18.4. The molecule has 0 saturated heterocycles. The van der Waals surface area contributed by atoms with Gasteiger partial charge in [-0.25, -0.2) is 0 Å². The number of benzene rings is 3. The van der Waals surface area contributed by atoms with Crippen molar-refractivity contribution in [2.75, 3.05) is 13.2 Å². The minimum Gasteiger partial charge on any atom is -0.492 e. The summed E-state index contributed by atoms with van der Waals surface area (Å²) in [6.45, 7) is 19.9. The molecule has 2 heteroatoms. The maximum absolute atomic E-state index is 6.84. The highest BCUT2D eigenvalue weighted by molar-refractivity contribution is 6.11. The first-order valence-electron chi connectivity index (χ1n) is 15.6. The summed E-state index contributed by atoms with van der Waals surface area (Å²) in [5.41, 5.74) is 2.60. The molecule has 2 nitrogen and oxygen atoms in total. The van der Waals surface area contributed by atoms with Crippen LogP contribution in [-0.2, 0) is 0 Å². The number of ether oxygens (including phenoxy) is 2. The van der Waals surface area contributed by atoms with Crippen molar-refractivity contribution in [1.82, 2.24) is 0 Å². The van der Waals surface area contributed by atoms with E-state index in [2.05, 4.69) is 91.8 Å². The molecule has 0 aliphatic heterocycles. The Morgan fingerprint density at radius 1 is 0.526 bits per heavy atom. The van der Waals surface area contributed by atoms with Crippen LogP contribution in [-0.4, -0.2) is 13.2 Å². The molecule has 3 rings (SSSR count). The zero-order valence-corrected chi connectivity index (χ0v) is 25.7. The van der Waals surface area contributed by atoms with Crippen LogP contribution in [0.3, 0.4) is 0 Å². The van der Waals surface area contributed by atoms with Crippen molar-refractivity contribution in [3.05, 3.63) is 47.5 Å². The topological polar surface area (TPSA) is 18.5 Å². The standard InChI is InChI=1S/C36H54O2/c1-9-17-27(11-3)29(13-5)23-37-35-31-19-15-16-20-32(31)36(34-22-26(8)25(7)21-33(34)35)38-24-30(14-6)28(12-4)18-10-2/h15-16,19-22,27-30H,9-14,17-18,23-24H2,1-8H3. The van der Waals surface area contributed by atoms with E-state index in [1.54, 1.807) is 0 Å². The summed E-state index contributed by atoms with van der Waals surface area (Å²) in [4.78, 5) is 0. The Kier molecular flexibility index (Phi) is 11.8. The van der Waals surface area contributed by atoms with Crippen molar-refractivity contribution in [2.24, 2.45) is 23.7 Å². The molecule has 0 amide bonds. The van der Waals surface area contributed by atoms with Gasteiger partial charge in [-0.15, -0.1) is 0 Å². The SMILES string of the molecule is CCCC(CC)C(CC)COc1c2ccccc2c(OCC(CC)C(CC)CCC)c2cc(C)c(C)cc12. The molecular formula is C36H54O2. The Balaban J connectivity index is 2.09. The van der Waals surface area contributed by atoms with E-state index >= 15 is 0 Å². The van der Waals surface area contributed by atoms with Gasteiger partial charge in [0.05, 0.1) is 13.2 Å². The minimum absolute atomic E-state index is 0.575. The summed E-state index contributed by atoms with van der Waals surface area (Å²) >= 11 is 0. The van der Waals surface area contributed by atoms with E-state index in [1.807, 2.05) is 0 Å². The summed E-state index contributed by atoms with van der Waals surface area (Å²) in [7, 11) is 0. The molecule has 4 atom stereocenters. The third kappa shape index (κ3) is 6.85.